The van der Waals surface area contributed by atoms with Gasteiger partial charge in [0.1, 0.15) is 42.7 Å². The summed E-state index contributed by atoms with van der Waals surface area (Å²) < 4.78 is 28.5. The lowest BCUT2D eigenvalue weighted by molar-refractivity contribution is -0.773. The van der Waals surface area contributed by atoms with Gasteiger partial charge in [0.25, 0.3) is 5.09 Å². The third-order valence-electron chi connectivity index (χ3n) is 8.80. The molecule has 0 saturated carbocycles. The van der Waals surface area contributed by atoms with Crippen LogP contribution < -0.4 is 16.0 Å². The Balaban J connectivity index is 1.77. The van der Waals surface area contributed by atoms with Crippen LogP contribution in [-0.4, -0.2) is 184 Å². The fraction of sp³-hybridized carbons (Fsp3) is 0.893. The lowest BCUT2D eigenvalue weighted by Gasteiger charge is -2.46. The SMILES string of the molecule is CC(=O)NC1[C@H](COC[C@H]2C(CO)O[C@@H](COC[C@@H]3C(CO)O[C@@H](O)C(NC(C)=O)[C@H]3O)C(NC(C)=O)[C@H]2O[N+](=O)[O-])OC(CO)[C@@H](O)[C@@H]1O. The molecule has 0 aromatic rings. The normalized spacial score (nSPS) is 38.9. The topological polar surface area (TPSA) is 327 Å². The lowest BCUT2D eigenvalue weighted by atomic mass is 9.85. The smallest absolute Gasteiger partial charge is 0.294 e. The van der Waals surface area contributed by atoms with E-state index in [1.807, 2.05) is 0 Å². The molecule has 3 aliphatic heterocycles. The minimum absolute atomic E-state index is 0.342. The summed E-state index contributed by atoms with van der Waals surface area (Å²) in [6.45, 7) is -0.0786. The first-order valence-corrected chi connectivity index (χ1v) is 15.9. The quantitative estimate of drug-likeness (QED) is 0.0522. The number of carbonyl (C=O) groups excluding carboxylic acids is 3. The Hall–Kier alpha value is -2.87. The van der Waals surface area contributed by atoms with Crippen LogP contribution in [0.4, 0.5) is 0 Å². The highest BCUT2D eigenvalue weighted by atomic mass is 17.0. The van der Waals surface area contributed by atoms with Gasteiger partial charge in [0, 0.05) is 32.6 Å². The predicted molar refractivity (Wildman–Crippen MR) is 161 cm³/mol. The molecule has 50 heavy (non-hydrogen) atoms. The second-order valence-corrected chi connectivity index (χ2v) is 12.4. The van der Waals surface area contributed by atoms with Crippen molar-refractivity contribution in [2.75, 3.05) is 46.2 Å². The van der Waals surface area contributed by atoms with Crippen LogP contribution in [0, 0.1) is 22.0 Å². The predicted octanol–water partition coefficient (Wildman–Crippen LogP) is -6.35. The molecule has 288 valence electrons. The van der Waals surface area contributed by atoms with E-state index in [0.717, 1.165) is 6.92 Å². The van der Waals surface area contributed by atoms with Gasteiger partial charge in [-0.3, -0.25) is 14.4 Å². The molecule has 0 aromatic heterocycles. The highest BCUT2D eigenvalue weighted by molar-refractivity contribution is 5.74. The Morgan fingerprint density at radius 1 is 0.620 bits per heavy atom. The molecule has 3 aliphatic rings. The van der Waals surface area contributed by atoms with Crippen molar-refractivity contribution in [3.63, 3.8) is 0 Å². The number of aliphatic hydroxyl groups is 7. The number of ether oxygens (including phenoxy) is 5. The maximum Gasteiger partial charge on any atom is 0.294 e. The van der Waals surface area contributed by atoms with Crippen LogP contribution in [0.15, 0.2) is 0 Å². The van der Waals surface area contributed by atoms with Gasteiger partial charge in [0.2, 0.25) is 17.7 Å². The first-order chi connectivity index (χ1) is 23.6. The Morgan fingerprint density at radius 3 is 1.60 bits per heavy atom. The van der Waals surface area contributed by atoms with Crippen molar-refractivity contribution in [2.24, 2.45) is 11.8 Å². The molecular formula is C28H48N4O18. The molecule has 15 atom stereocenters. The fourth-order valence-electron chi connectivity index (χ4n) is 6.46. The van der Waals surface area contributed by atoms with Crippen molar-refractivity contribution in [3.8, 4) is 0 Å². The van der Waals surface area contributed by atoms with Crippen LogP contribution in [0.3, 0.4) is 0 Å². The zero-order valence-electron chi connectivity index (χ0n) is 27.7. The maximum atomic E-state index is 12.2. The number of amides is 3. The third-order valence-corrected chi connectivity index (χ3v) is 8.80. The van der Waals surface area contributed by atoms with E-state index in [4.69, 9.17) is 28.5 Å². The van der Waals surface area contributed by atoms with Crippen molar-refractivity contribution in [1.82, 2.24) is 16.0 Å². The van der Waals surface area contributed by atoms with Crippen molar-refractivity contribution < 1.29 is 83.7 Å². The molecule has 10 N–H and O–H groups in total. The Kier molecular flexibility index (Phi) is 15.9. The van der Waals surface area contributed by atoms with Crippen LogP contribution >= 0.6 is 0 Å². The molecule has 3 heterocycles. The number of rotatable bonds is 16. The number of nitrogens with zero attached hydrogens (tertiary/aromatic N) is 1. The molecule has 3 rings (SSSR count). The largest absolute Gasteiger partial charge is 0.394 e. The molecule has 22 heteroatoms. The fourth-order valence-corrected chi connectivity index (χ4v) is 6.46. The zero-order valence-corrected chi connectivity index (χ0v) is 27.7. The van der Waals surface area contributed by atoms with Gasteiger partial charge in [-0.1, -0.05) is 0 Å². The molecule has 0 radical (unpaired) electrons. The van der Waals surface area contributed by atoms with Crippen LogP contribution in [0.2, 0.25) is 0 Å². The molecule has 0 aromatic carbocycles. The number of carbonyl (C=O) groups is 3. The summed E-state index contributed by atoms with van der Waals surface area (Å²) in [6.07, 6.45) is -13.5. The summed E-state index contributed by atoms with van der Waals surface area (Å²) in [5.74, 6) is -3.88. The molecule has 6 unspecified atom stereocenters. The first-order valence-electron chi connectivity index (χ1n) is 15.9. The minimum Gasteiger partial charge on any atom is -0.394 e. The van der Waals surface area contributed by atoms with Crippen molar-refractivity contribution in [3.05, 3.63) is 10.1 Å². The second-order valence-electron chi connectivity index (χ2n) is 12.4. The summed E-state index contributed by atoms with van der Waals surface area (Å²) in [7, 11) is 0. The van der Waals surface area contributed by atoms with E-state index in [2.05, 4.69) is 16.0 Å². The van der Waals surface area contributed by atoms with Crippen LogP contribution in [0.25, 0.3) is 0 Å². The number of aliphatic hydroxyl groups excluding tert-OH is 7. The van der Waals surface area contributed by atoms with Gasteiger partial charge in [-0.15, -0.1) is 10.1 Å². The standard InChI is InChI=1S/C28H48N4O18/c1-11(36)29-21-19(48-18(6-35)25(40)26(21)41)9-46-8-15-17(5-34)47-20(22(30-12(2)37)27(15)50-32(43)44)10-45-7-14-16(4-33)49-28(42)23(24(14)39)31-13(3)38/h14-28,33-35,39-42H,4-10H2,1-3H3,(H,29,36)(H,30,37)(H,31,38)/t14-,15+,16?,17?,18?,19+,20+,21?,22?,23?,24+,25-,26-,27+,28-/m1/s1. The molecule has 3 fully saturated rings. The molecule has 3 amide bonds. The van der Waals surface area contributed by atoms with Gasteiger partial charge in [0.05, 0.1) is 76.6 Å². The van der Waals surface area contributed by atoms with E-state index in [9.17, 15) is 60.2 Å². The van der Waals surface area contributed by atoms with Gasteiger partial charge in [-0.05, 0) is 0 Å². The van der Waals surface area contributed by atoms with Crippen LogP contribution in [0.1, 0.15) is 20.8 Å². The Morgan fingerprint density at radius 2 is 1.08 bits per heavy atom. The van der Waals surface area contributed by atoms with Gasteiger partial charge in [0.15, 0.2) is 6.29 Å². The number of hydrogen-bond acceptors (Lipinski definition) is 18. The van der Waals surface area contributed by atoms with E-state index in [0.29, 0.717) is 0 Å². The molecule has 0 aliphatic carbocycles. The average Bonchev–Trinajstić information content (AvgIpc) is 3.04. The van der Waals surface area contributed by atoms with Crippen LogP contribution in [-0.2, 0) is 42.9 Å². The molecule has 0 bridgehead atoms. The summed E-state index contributed by atoms with van der Waals surface area (Å²) in [6, 6.07) is -3.70. The summed E-state index contributed by atoms with van der Waals surface area (Å²) in [4.78, 5) is 52.3. The van der Waals surface area contributed by atoms with E-state index in [1.165, 1.54) is 13.8 Å². The van der Waals surface area contributed by atoms with E-state index in [-0.39, 0.29) is 13.2 Å². The van der Waals surface area contributed by atoms with Crippen LogP contribution in [0.5, 0.6) is 0 Å². The summed E-state index contributed by atoms with van der Waals surface area (Å²) >= 11 is 0. The van der Waals surface area contributed by atoms with Gasteiger partial charge < -0.3 is 80.2 Å². The maximum absolute atomic E-state index is 12.2. The number of nitrogens with one attached hydrogen (secondary N) is 3. The van der Waals surface area contributed by atoms with Gasteiger partial charge in [-0.2, -0.15) is 0 Å². The molecule has 3 saturated heterocycles. The number of hydrogen-bond donors (Lipinski definition) is 10. The summed E-state index contributed by atoms with van der Waals surface area (Å²) in [5.41, 5.74) is 0. The van der Waals surface area contributed by atoms with Gasteiger partial charge >= 0.3 is 0 Å². The second kappa shape index (κ2) is 19.1. The third kappa shape index (κ3) is 10.6. The molecular weight excluding hydrogens is 680 g/mol. The van der Waals surface area contributed by atoms with Gasteiger partial charge in [-0.25, -0.2) is 0 Å². The highest BCUT2D eigenvalue weighted by Gasteiger charge is 2.50. The van der Waals surface area contributed by atoms with E-state index in [1.54, 1.807) is 0 Å². The molecule has 22 nitrogen and oxygen atoms in total. The Labute approximate surface area is 286 Å². The first kappa shape index (κ1) is 41.5. The minimum atomic E-state index is -1.63. The van der Waals surface area contributed by atoms with E-state index >= 15 is 0 Å². The zero-order chi connectivity index (χ0) is 37.3. The van der Waals surface area contributed by atoms with Crippen molar-refractivity contribution in [2.45, 2.75) is 100 Å². The highest BCUT2D eigenvalue weighted by Crippen LogP contribution is 2.31. The monoisotopic (exact) mass is 728 g/mol. The lowest BCUT2D eigenvalue weighted by Crippen LogP contribution is -2.66. The summed E-state index contributed by atoms with van der Waals surface area (Å²) in [5, 5.41) is 89.4. The Bertz CT molecular complexity index is 1140. The van der Waals surface area contributed by atoms with E-state index < -0.39 is 147 Å². The average molecular weight is 729 g/mol. The van der Waals surface area contributed by atoms with Crippen molar-refractivity contribution >= 4 is 17.7 Å². The van der Waals surface area contributed by atoms with Crippen molar-refractivity contribution in [1.29, 1.82) is 0 Å². The molecule has 0 spiro atoms.